The monoisotopic (exact) mass is 646 g/mol. The van der Waals surface area contributed by atoms with Crippen LogP contribution in [-0.2, 0) is 4.74 Å². The number of pyridine rings is 3. The van der Waals surface area contributed by atoms with E-state index in [0.29, 0.717) is 19.3 Å². The van der Waals surface area contributed by atoms with E-state index in [1.807, 2.05) is 18.3 Å². The molecule has 10 nitrogen and oxygen atoms in total. The summed E-state index contributed by atoms with van der Waals surface area (Å²) in [6.07, 6.45) is 14.0. The van der Waals surface area contributed by atoms with Gasteiger partial charge >= 0.3 is 0 Å². The third kappa shape index (κ3) is 8.96. The standard InChI is InChI=1S/C33H46N8O2SSi/c1-45(2,3)16-15-42-23-36-31-28(33-40-39-32(44-33)24-9-4-5-10-24)19-29-30(38-31)18-26(21-35-29)37-25-17-27(22-34-20-25)43-14-8-13-41-11-6-7-12-41/h17-22,24,37H,4-16,23H2,1-3H3,(H,36,38). The van der Waals surface area contributed by atoms with Crippen LogP contribution >= 0.6 is 11.3 Å². The smallest absolute Gasteiger partial charge is 0.151 e. The average molecular weight is 647 g/mol. The molecule has 240 valence electrons. The molecule has 12 heteroatoms. The van der Waals surface area contributed by atoms with E-state index < -0.39 is 8.07 Å². The van der Waals surface area contributed by atoms with Crippen LogP contribution < -0.4 is 15.4 Å². The summed E-state index contributed by atoms with van der Waals surface area (Å²) in [7, 11) is -1.17. The number of hydrogen-bond donors (Lipinski definition) is 2. The molecule has 0 aromatic carbocycles. The van der Waals surface area contributed by atoms with Gasteiger partial charge in [-0.3, -0.25) is 9.97 Å². The van der Waals surface area contributed by atoms with Gasteiger partial charge in [0, 0.05) is 33.2 Å². The van der Waals surface area contributed by atoms with Crippen molar-refractivity contribution in [3.05, 3.63) is 41.8 Å². The van der Waals surface area contributed by atoms with Gasteiger partial charge in [-0.2, -0.15) is 0 Å². The highest BCUT2D eigenvalue weighted by Gasteiger charge is 2.23. The van der Waals surface area contributed by atoms with Crippen molar-refractivity contribution in [3.63, 3.8) is 0 Å². The van der Waals surface area contributed by atoms with Gasteiger partial charge < -0.3 is 25.0 Å². The lowest BCUT2D eigenvalue weighted by Gasteiger charge is -2.16. The van der Waals surface area contributed by atoms with E-state index in [9.17, 15) is 0 Å². The first-order valence-electron chi connectivity index (χ1n) is 16.4. The molecular weight excluding hydrogens is 601 g/mol. The maximum Gasteiger partial charge on any atom is 0.151 e. The quantitative estimate of drug-likeness (QED) is 0.0764. The number of anilines is 3. The maximum absolute atomic E-state index is 6.01. The molecule has 0 unspecified atom stereocenters. The highest BCUT2D eigenvalue weighted by Crippen LogP contribution is 2.39. The first-order valence-corrected chi connectivity index (χ1v) is 21.0. The van der Waals surface area contributed by atoms with E-state index in [1.165, 1.54) is 51.6 Å². The van der Waals surface area contributed by atoms with Gasteiger partial charge in [-0.1, -0.05) is 43.8 Å². The molecule has 6 rings (SSSR count). The number of nitrogens with zero attached hydrogens (tertiary/aromatic N) is 6. The van der Waals surface area contributed by atoms with Crippen LogP contribution in [0.2, 0.25) is 25.7 Å². The van der Waals surface area contributed by atoms with Gasteiger partial charge in [-0.15, -0.1) is 10.2 Å². The first kappa shape index (κ1) is 31.8. The van der Waals surface area contributed by atoms with Crippen LogP contribution in [0.25, 0.3) is 21.6 Å². The zero-order valence-electron chi connectivity index (χ0n) is 26.8. The third-order valence-corrected chi connectivity index (χ3v) is 11.3. The van der Waals surface area contributed by atoms with Crippen molar-refractivity contribution in [1.82, 2.24) is 30.0 Å². The van der Waals surface area contributed by atoms with Gasteiger partial charge in [-0.25, -0.2) is 4.98 Å². The lowest BCUT2D eigenvalue weighted by molar-refractivity contribution is 0.165. The predicted molar refractivity (Wildman–Crippen MR) is 186 cm³/mol. The highest BCUT2D eigenvalue weighted by atomic mass is 32.1. The van der Waals surface area contributed by atoms with Crippen LogP contribution in [0.4, 0.5) is 17.2 Å². The Labute approximate surface area is 271 Å². The van der Waals surface area contributed by atoms with E-state index >= 15 is 0 Å². The summed E-state index contributed by atoms with van der Waals surface area (Å²) in [6, 6.07) is 7.17. The summed E-state index contributed by atoms with van der Waals surface area (Å²) in [6.45, 7) is 12.4. The molecule has 45 heavy (non-hydrogen) atoms. The van der Waals surface area contributed by atoms with Crippen molar-refractivity contribution in [2.75, 3.05) is 50.2 Å². The van der Waals surface area contributed by atoms with Crippen molar-refractivity contribution >= 4 is 47.6 Å². The van der Waals surface area contributed by atoms with Gasteiger partial charge in [-0.05, 0) is 63.4 Å². The molecule has 0 atom stereocenters. The molecule has 4 aromatic rings. The fraction of sp³-hybridized carbons (Fsp3) is 0.545. The van der Waals surface area contributed by atoms with Crippen molar-refractivity contribution in [3.8, 4) is 16.3 Å². The Kier molecular flexibility index (Phi) is 10.5. The van der Waals surface area contributed by atoms with Crippen LogP contribution in [0.15, 0.2) is 36.8 Å². The van der Waals surface area contributed by atoms with Crippen molar-refractivity contribution in [2.45, 2.75) is 76.5 Å². The number of nitrogens with one attached hydrogen (secondary N) is 2. The fourth-order valence-electron chi connectivity index (χ4n) is 5.88. The lowest BCUT2D eigenvalue weighted by atomic mass is 10.1. The second kappa shape index (κ2) is 14.9. The van der Waals surface area contributed by atoms with Crippen LogP contribution in [0, 0.1) is 0 Å². The van der Waals surface area contributed by atoms with Crippen molar-refractivity contribution in [1.29, 1.82) is 0 Å². The molecule has 0 spiro atoms. The number of likely N-dealkylation sites (tertiary alicyclic amines) is 1. The summed E-state index contributed by atoms with van der Waals surface area (Å²) in [5, 5.41) is 18.0. The van der Waals surface area contributed by atoms with Crippen molar-refractivity contribution < 1.29 is 9.47 Å². The minimum absolute atomic E-state index is 0.381. The molecule has 2 aliphatic rings. The Hall–Kier alpha value is -3.19. The van der Waals surface area contributed by atoms with Gasteiger partial charge in [0.15, 0.2) is 5.01 Å². The average Bonchev–Trinajstić information content (AvgIpc) is 3.82. The summed E-state index contributed by atoms with van der Waals surface area (Å²) >= 11 is 1.67. The van der Waals surface area contributed by atoms with Gasteiger partial charge in [0.05, 0.1) is 53.2 Å². The predicted octanol–water partition coefficient (Wildman–Crippen LogP) is 7.53. The summed E-state index contributed by atoms with van der Waals surface area (Å²) < 4.78 is 12.0. The Morgan fingerprint density at radius 2 is 1.76 bits per heavy atom. The molecule has 1 saturated heterocycles. The van der Waals surface area contributed by atoms with E-state index in [0.717, 1.165) is 75.2 Å². The van der Waals surface area contributed by atoms with Crippen LogP contribution in [-0.4, -0.2) is 77.7 Å². The van der Waals surface area contributed by atoms with Crippen LogP contribution in [0.1, 0.15) is 55.9 Å². The first-order chi connectivity index (χ1) is 21.9. The van der Waals surface area contributed by atoms with Crippen molar-refractivity contribution in [2.24, 2.45) is 0 Å². The number of ether oxygens (including phenoxy) is 2. The second-order valence-electron chi connectivity index (χ2n) is 13.4. The molecule has 1 aliphatic carbocycles. The highest BCUT2D eigenvalue weighted by molar-refractivity contribution is 7.14. The third-order valence-electron chi connectivity index (χ3n) is 8.47. The summed E-state index contributed by atoms with van der Waals surface area (Å²) in [4.78, 5) is 16.7. The second-order valence-corrected chi connectivity index (χ2v) is 20.0. The van der Waals surface area contributed by atoms with E-state index in [1.54, 1.807) is 23.7 Å². The Morgan fingerprint density at radius 1 is 0.933 bits per heavy atom. The molecule has 1 aliphatic heterocycles. The zero-order valence-corrected chi connectivity index (χ0v) is 28.7. The molecule has 0 amide bonds. The Bertz CT molecular complexity index is 1550. The number of aromatic nitrogens is 5. The lowest BCUT2D eigenvalue weighted by Crippen LogP contribution is -2.22. The minimum atomic E-state index is -1.17. The maximum atomic E-state index is 6.01. The van der Waals surface area contributed by atoms with Crippen LogP contribution in [0.5, 0.6) is 5.75 Å². The Balaban J connectivity index is 1.16. The fourth-order valence-corrected chi connectivity index (χ4v) is 7.67. The van der Waals surface area contributed by atoms with Crippen LogP contribution in [0.3, 0.4) is 0 Å². The largest absolute Gasteiger partial charge is 0.492 e. The Morgan fingerprint density at radius 3 is 2.58 bits per heavy atom. The van der Waals surface area contributed by atoms with E-state index in [4.69, 9.17) is 19.4 Å². The van der Waals surface area contributed by atoms with Gasteiger partial charge in [0.1, 0.15) is 23.3 Å². The van der Waals surface area contributed by atoms with Gasteiger partial charge in [0.25, 0.3) is 0 Å². The zero-order chi connectivity index (χ0) is 31.1. The molecule has 2 fully saturated rings. The normalized spacial score (nSPS) is 16.1. The number of fused-ring (bicyclic) bond motifs is 1. The minimum Gasteiger partial charge on any atom is -0.492 e. The summed E-state index contributed by atoms with van der Waals surface area (Å²) in [5.74, 6) is 2.01. The van der Waals surface area contributed by atoms with E-state index in [-0.39, 0.29) is 0 Å². The number of rotatable bonds is 15. The summed E-state index contributed by atoms with van der Waals surface area (Å²) in [5.41, 5.74) is 4.15. The molecule has 2 N–H and O–H groups in total. The van der Waals surface area contributed by atoms with E-state index in [2.05, 4.69) is 56.4 Å². The van der Waals surface area contributed by atoms with Gasteiger partial charge in [0.2, 0.25) is 0 Å². The molecule has 1 saturated carbocycles. The number of hydrogen-bond acceptors (Lipinski definition) is 11. The molecular formula is C33H46N8O2SSi. The topological polar surface area (TPSA) is 110 Å². The molecule has 5 heterocycles. The molecule has 0 radical (unpaired) electrons. The molecule has 4 aromatic heterocycles. The molecule has 0 bridgehead atoms. The SMILES string of the molecule is C[Si](C)(C)CCOCNc1nc2cc(Nc3cncc(OCCCN4CCCC4)c3)cnc2cc1-c1nnc(C2CCCC2)s1.